The number of carbonyl (C=O) groups excluding carboxylic acids is 1. The van der Waals surface area contributed by atoms with E-state index in [4.69, 9.17) is 0 Å². The third-order valence-electron chi connectivity index (χ3n) is 8.11. The smallest absolute Gasteiger partial charge is 0.136 e. The van der Waals surface area contributed by atoms with Gasteiger partial charge in [-0.25, -0.2) is 0 Å². The lowest BCUT2D eigenvalue weighted by Crippen LogP contribution is -2.24. The van der Waals surface area contributed by atoms with Crippen LogP contribution in [0.3, 0.4) is 0 Å². The van der Waals surface area contributed by atoms with Crippen molar-refractivity contribution in [2.24, 2.45) is 11.8 Å². The van der Waals surface area contributed by atoms with Crippen LogP contribution in [0, 0.1) is 11.8 Å². The normalized spacial score (nSPS) is 27.3. The van der Waals surface area contributed by atoms with E-state index in [-0.39, 0.29) is 0 Å². The molecule has 168 valence electrons. The Balaban J connectivity index is 1.43. The fourth-order valence-corrected chi connectivity index (χ4v) is 5.99. The van der Waals surface area contributed by atoms with Crippen molar-refractivity contribution >= 4 is 5.78 Å². The summed E-state index contributed by atoms with van der Waals surface area (Å²) in [7, 11) is 0. The lowest BCUT2D eigenvalue weighted by molar-refractivity contribution is -0.125. The third kappa shape index (κ3) is 6.96. The highest BCUT2D eigenvalue weighted by molar-refractivity contribution is 5.82. The predicted molar refractivity (Wildman–Crippen MR) is 129 cm³/mol. The van der Waals surface area contributed by atoms with Gasteiger partial charge in [0.2, 0.25) is 0 Å². The zero-order valence-electron chi connectivity index (χ0n) is 19.8. The molecule has 1 aromatic carbocycles. The molecule has 1 aromatic rings. The Morgan fingerprint density at radius 2 is 1.23 bits per heavy atom. The van der Waals surface area contributed by atoms with E-state index in [1.165, 1.54) is 89.0 Å². The van der Waals surface area contributed by atoms with Crippen molar-refractivity contribution < 1.29 is 4.79 Å². The molecule has 0 heterocycles. The number of carbonyl (C=O) groups is 1. The molecule has 0 aromatic heterocycles. The van der Waals surface area contributed by atoms with Crippen LogP contribution in [0.1, 0.15) is 140 Å². The molecule has 1 heteroatoms. The maximum atomic E-state index is 12.7. The van der Waals surface area contributed by atoms with E-state index in [0.29, 0.717) is 17.6 Å². The molecule has 0 aliphatic heterocycles. The van der Waals surface area contributed by atoms with Crippen molar-refractivity contribution in [1.29, 1.82) is 0 Å². The molecule has 1 nitrogen and oxygen atoms in total. The van der Waals surface area contributed by atoms with E-state index in [1.54, 1.807) is 5.56 Å². The van der Waals surface area contributed by atoms with Gasteiger partial charge in [0.15, 0.2) is 0 Å². The van der Waals surface area contributed by atoms with Gasteiger partial charge >= 0.3 is 0 Å². The van der Waals surface area contributed by atoms with Crippen molar-refractivity contribution in [1.82, 2.24) is 0 Å². The Morgan fingerprint density at radius 3 is 1.87 bits per heavy atom. The summed E-state index contributed by atoms with van der Waals surface area (Å²) in [6.07, 6.45) is 20.6. The van der Waals surface area contributed by atoms with Gasteiger partial charge in [-0.05, 0) is 73.8 Å². The predicted octanol–water partition coefficient (Wildman–Crippen LogP) is 8.96. The average Bonchev–Trinajstić information content (AvgIpc) is 2.78. The molecule has 2 aliphatic rings. The Hall–Kier alpha value is -1.11. The highest BCUT2D eigenvalue weighted by atomic mass is 16.1. The van der Waals surface area contributed by atoms with Crippen molar-refractivity contribution in [3.63, 3.8) is 0 Å². The molecular weight excluding hydrogens is 364 g/mol. The number of unbranched alkanes of at least 4 members (excludes halogenated alkanes) is 5. The first-order chi connectivity index (χ1) is 14.7. The zero-order valence-corrected chi connectivity index (χ0v) is 19.8. The molecule has 2 aliphatic carbocycles. The SMILES string of the molecule is CCCCCCC1CCC(c2ccc(C3CCC(CCCCC)CC3)cc2)CC1=O. The Morgan fingerprint density at radius 1 is 0.667 bits per heavy atom. The highest BCUT2D eigenvalue weighted by Crippen LogP contribution is 2.39. The van der Waals surface area contributed by atoms with Crippen LogP contribution in [0.4, 0.5) is 0 Å². The molecule has 2 atom stereocenters. The summed E-state index contributed by atoms with van der Waals surface area (Å²) in [5.41, 5.74) is 2.95. The summed E-state index contributed by atoms with van der Waals surface area (Å²) in [4.78, 5) is 12.7. The van der Waals surface area contributed by atoms with Gasteiger partial charge < -0.3 is 0 Å². The molecule has 0 N–H and O–H groups in total. The minimum Gasteiger partial charge on any atom is -0.299 e. The maximum Gasteiger partial charge on any atom is 0.136 e. The second-order valence-electron chi connectivity index (χ2n) is 10.4. The van der Waals surface area contributed by atoms with Crippen LogP contribution in [0.2, 0.25) is 0 Å². The molecular formula is C29H46O. The number of benzene rings is 1. The number of rotatable bonds is 11. The second kappa shape index (κ2) is 12.7. The quantitative estimate of drug-likeness (QED) is 0.333. The lowest BCUT2D eigenvalue weighted by atomic mass is 9.75. The minimum atomic E-state index is 0.352. The van der Waals surface area contributed by atoms with Gasteiger partial charge in [-0.1, -0.05) is 89.5 Å². The van der Waals surface area contributed by atoms with E-state index >= 15 is 0 Å². The summed E-state index contributed by atoms with van der Waals surface area (Å²) in [6.45, 7) is 4.55. The van der Waals surface area contributed by atoms with Gasteiger partial charge in [0, 0.05) is 12.3 Å². The molecule has 0 spiro atoms. The molecule has 30 heavy (non-hydrogen) atoms. The molecule has 0 radical (unpaired) electrons. The van der Waals surface area contributed by atoms with E-state index in [0.717, 1.165) is 31.1 Å². The molecule has 0 amide bonds. The fraction of sp³-hybridized carbons (Fsp3) is 0.759. The van der Waals surface area contributed by atoms with Crippen molar-refractivity contribution in [2.45, 2.75) is 128 Å². The number of hydrogen-bond acceptors (Lipinski definition) is 1. The van der Waals surface area contributed by atoms with E-state index in [2.05, 4.69) is 38.1 Å². The van der Waals surface area contributed by atoms with Gasteiger partial charge in [0.25, 0.3) is 0 Å². The summed E-state index contributed by atoms with van der Waals surface area (Å²) < 4.78 is 0. The summed E-state index contributed by atoms with van der Waals surface area (Å²) >= 11 is 0. The number of hydrogen-bond donors (Lipinski definition) is 0. The van der Waals surface area contributed by atoms with Crippen LogP contribution in [-0.2, 0) is 4.79 Å². The first-order valence-corrected chi connectivity index (χ1v) is 13.3. The van der Waals surface area contributed by atoms with Gasteiger partial charge in [-0.3, -0.25) is 4.79 Å². The fourth-order valence-electron chi connectivity index (χ4n) is 5.99. The zero-order chi connectivity index (χ0) is 21.2. The first kappa shape index (κ1) is 23.6. The topological polar surface area (TPSA) is 17.1 Å². The summed E-state index contributed by atoms with van der Waals surface area (Å²) in [5, 5.41) is 0. The van der Waals surface area contributed by atoms with Gasteiger partial charge in [-0.2, -0.15) is 0 Å². The van der Waals surface area contributed by atoms with Crippen LogP contribution in [-0.4, -0.2) is 5.78 Å². The highest BCUT2D eigenvalue weighted by Gasteiger charge is 2.29. The van der Waals surface area contributed by atoms with Crippen molar-refractivity contribution in [3.8, 4) is 0 Å². The summed E-state index contributed by atoms with van der Waals surface area (Å²) in [6, 6.07) is 9.47. The lowest BCUT2D eigenvalue weighted by Gasteiger charge is -2.30. The Bertz CT molecular complexity index is 608. The largest absolute Gasteiger partial charge is 0.299 e. The molecule has 2 unspecified atom stereocenters. The average molecular weight is 411 g/mol. The standard InChI is InChI=1S/C29H46O/c1-3-5-7-9-11-27-20-21-28(22-29(27)30)26-18-16-25(17-19-26)24-14-12-23(13-15-24)10-8-6-4-2/h16-19,23-24,27-28H,3-15,20-22H2,1-2H3. The van der Waals surface area contributed by atoms with E-state index in [9.17, 15) is 4.79 Å². The third-order valence-corrected chi connectivity index (χ3v) is 8.11. The van der Waals surface area contributed by atoms with Gasteiger partial charge in [0.05, 0.1) is 0 Å². The first-order valence-electron chi connectivity index (χ1n) is 13.3. The summed E-state index contributed by atoms with van der Waals surface area (Å²) in [5.74, 6) is 3.10. The van der Waals surface area contributed by atoms with E-state index < -0.39 is 0 Å². The van der Waals surface area contributed by atoms with Crippen LogP contribution in [0.25, 0.3) is 0 Å². The molecule has 0 saturated heterocycles. The van der Waals surface area contributed by atoms with Gasteiger partial charge in [-0.15, -0.1) is 0 Å². The maximum absolute atomic E-state index is 12.7. The molecule has 2 saturated carbocycles. The van der Waals surface area contributed by atoms with Gasteiger partial charge in [0.1, 0.15) is 5.78 Å². The minimum absolute atomic E-state index is 0.352. The molecule has 0 bridgehead atoms. The Kier molecular flexibility index (Phi) is 9.95. The van der Waals surface area contributed by atoms with Crippen LogP contribution >= 0.6 is 0 Å². The van der Waals surface area contributed by atoms with E-state index in [1.807, 2.05) is 0 Å². The number of ketones is 1. The molecule has 2 fully saturated rings. The van der Waals surface area contributed by atoms with Crippen molar-refractivity contribution in [2.75, 3.05) is 0 Å². The Labute approximate surface area is 186 Å². The molecule has 3 rings (SSSR count). The number of Topliss-reactive ketones (excluding diaryl/α,β-unsaturated/α-hetero) is 1. The van der Waals surface area contributed by atoms with Crippen LogP contribution < -0.4 is 0 Å². The monoisotopic (exact) mass is 410 g/mol. The second-order valence-corrected chi connectivity index (χ2v) is 10.4. The van der Waals surface area contributed by atoms with Crippen LogP contribution in [0.15, 0.2) is 24.3 Å². The van der Waals surface area contributed by atoms with Crippen LogP contribution in [0.5, 0.6) is 0 Å². The van der Waals surface area contributed by atoms with Crippen molar-refractivity contribution in [3.05, 3.63) is 35.4 Å².